The highest BCUT2D eigenvalue weighted by Gasteiger charge is 2.24. The van der Waals surface area contributed by atoms with Crippen molar-refractivity contribution in [3.8, 4) is 11.8 Å². The Labute approximate surface area is 192 Å². The molecule has 1 aliphatic rings. The minimum atomic E-state index is -0.182. The van der Waals surface area contributed by atoms with Crippen molar-refractivity contribution in [2.24, 2.45) is 0 Å². The molecule has 1 aliphatic heterocycles. The lowest BCUT2D eigenvalue weighted by Crippen LogP contribution is -2.40. The van der Waals surface area contributed by atoms with Crippen LogP contribution in [0.4, 0.5) is 11.5 Å². The molecule has 9 nitrogen and oxygen atoms in total. The van der Waals surface area contributed by atoms with Gasteiger partial charge in [-0.1, -0.05) is 0 Å². The van der Waals surface area contributed by atoms with E-state index in [9.17, 15) is 10.1 Å². The number of rotatable bonds is 5. The molecule has 1 aromatic heterocycles. The van der Waals surface area contributed by atoms with Gasteiger partial charge < -0.3 is 25.4 Å². The Morgan fingerprint density at radius 3 is 2.70 bits per heavy atom. The van der Waals surface area contributed by atoms with E-state index in [4.69, 9.17) is 15.2 Å². The van der Waals surface area contributed by atoms with Gasteiger partial charge in [-0.3, -0.25) is 4.79 Å². The number of fused-ring (bicyclic) bond motifs is 1. The van der Waals surface area contributed by atoms with Gasteiger partial charge in [0.25, 0.3) is 5.91 Å². The molecule has 2 heterocycles. The average molecular weight is 447 g/mol. The fourth-order valence-corrected chi connectivity index (χ4v) is 3.93. The van der Waals surface area contributed by atoms with Crippen LogP contribution in [0.5, 0.6) is 5.75 Å². The highest BCUT2D eigenvalue weighted by molar-refractivity contribution is 6.02. The summed E-state index contributed by atoms with van der Waals surface area (Å²) in [5.41, 5.74) is 8.94. The maximum absolute atomic E-state index is 13.1. The molecule has 1 saturated heterocycles. The fraction of sp³-hybridized carbons (Fsp3) is 0.333. The number of amides is 1. The summed E-state index contributed by atoms with van der Waals surface area (Å²) in [5.74, 6) is 1.52. The highest BCUT2D eigenvalue weighted by Crippen LogP contribution is 2.32. The summed E-state index contributed by atoms with van der Waals surface area (Å²) in [5, 5.41) is 13.4. The van der Waals surface area contributed by atoms with Crippen LogP contribution in [0.25, 0.3) is 10.9 Å². The molecule has 3 aromatic rings. The number of aromatic nitrogens is 2. The van der Waals surface area contributed by atoms with E-state index in [0.717, 1.165) is 10.9 Å². The average Bonchev–Trinajstić information content (AvgIpc) is 2.82. The van der Waals surface area contributed by atoms with Crippen molar-refractivity contribution in [1.29, 1.82) is 5.26 Å². The standard InChI is InChI=1S/C24H26N6O3/c1-14(17-8-16(13-25)9-18(26)10-17)27-23-19-12-22(32-3)20(11-21(19)28-15(2)29-23)24(31)30-4-6-33-7-5-30/h8-12,14H,4-7,26H2,1-3H3,(H,27,28,29). The molecule has 0 aliphatic carbocycles. The van der Waals surface area contributed by atoms with E-state index in [2.05, 4.69) is 21.4 Å². The van der Waals surface area contributed by atoms with E-state index < -0.39 is 0 Å². The van der Waals surface area contributed by atoms with Crippen LogP contribution in [-0.2, 0) is 4.74 Å². The second kappa shape index (κ2) is 9.30. The van der Waals surface area contributed by atoms with Crippen molar-refractivity contribution in [3.63, 3.8) is 0 Å². The zero-order valence-electron chi connectivity index (χ0n) is 18.9. The van der Waals surface area contributed by atoms with Gasteiger partial charge in [0.15, 0.2) is 0 Å². The van der Waals surface area contributed by atoms with Crippen LogP contribution in [0.15, 0.2) is 30.3 Å². The summed E-state index contributed by atoms with van der Waals surface area (Å²) in [7, 11) is 1.54. The van der Waals surface area contributed by atoms with E-state index >= 15 is 0 Å². The van der Waals surface area contributed by atoms with Crippen LogP contribution in [0, 0.1) is 18.3 Å². The van der Waals surface area contributed by atoms with Crippen LogP contribution in [0.3, 0.4) is 0 Å². The summed E-state index contributed by atoms with van der Waals surface area (Å²) in [6.07, 6.45) is 0. The third kappa shape index (κ3) is 4.66. The number of hydrogen-bond acceptors (Lipinski definition) is 8. The van der Waals surface area contributed by atoms with Crippen molar-refractivity contribution in [3.05, 3.63) is 52.8 Å². The van der Waals surface area contributed by atoms with Gasteiger partial charge in [-0.2, -0.15) is 5.26 Å². The molecule has 4 rings (SSSR count). The number of nitriles is 1. The van der Waals surface area contributed by atoms with E-state index in [0.29, 0.717) is 66.0 Å². The summed E-state index contributed by atoms with van der Waals surface area (Å²) < 4.78 is 10.9. The van der Waals surface area contributed by atoms with Gasteiger partial charge in [0.2, 0.25) is 0 Å². The Hall–Kier alpha value is -3.90. The number of morpholine rings is 1. The van der Waals surface area contributed by atoms with E-state index in [1.807, 2.05) is 13.0 Å². The molecule has 2 aromatic carbocycles. The second-order valence-electron chi connectivity index (χ2n) is 7.96. The Morgan fingerprint density at radius 1 is 1.24 bits per heavy atom. The number of anilines is 2. The molecule has 170 valence electrons. The van der Waals surface area contributed by atoms with Gasteiger partial charge in [-0.05, 0) is 49.7 Å². The van der Waals surface area contributed by atoms with Gasteiger partial charge in [0.1, 0.15) is 17.4 Å². The number of nitrogen functional groups attached to an aromatic ring is 1. The Balaban J connectivity index is 1.73. The predicted molar refractivity (Wildman–Crippen MR) is 125 cm³/mol. The van der Waals surface area contributed by atoms with Crippen molar-refractivity contribution in [2.45, 2.75) is 19.9 Å². The summed E-state index contributed by atoms with van der Waals surface area (Å²) in [4.78, 5) is 24.0. The number of ether oxygens (including phenoxy) is 2. The molecule has 1 fully saturated rings. The molecule has 1 unspecified atom stereocenters. The van der Waals surface area contributed by atoms with Crippen LogP contribution in [0.2, 0.25) is 0 Å². The molecule has 9 heteroatoms. The van der Waals surface area contributed by atoms with E-state index in [1.54, 1.807) is 36.1 Å². The molecular weight excluding hydrogens is 420 g/mol. The third-order valence-corrected chi connectivity index (χ3v) is 5.62. The molecular formula is C24H26N6O3. The number of hydrogen-bond donors (Lipinski definition) is 2. The summed E-state index contributed by atoms with van der Waals surface area (Å²) in [6, 6.07) is 10.8. The zero-order valence-corrected chi connectivity index (χ0v) is 18.9. The molecule has 1 atom stereocenters. The fourth-order valence-electron chi connectivity index (χ4n) is 3.93. The maximum Gasteiger partial charge on any atom is 0.257 e. The molecule has 1 amide bonds. The number of aryl methyl sites for hydroxylation is 1. The van der Waals surface area contributed by atoms with Crippen LogP contribution < -0.4 is 15.8 Å². The first kappa shape index (κ1) is 22.3. The lowest BCUT2D eigenvalue weighted by molar-refractivity contribution is 0.0301. The Kier molecular flexibility index (Phi) is 6.29. The number of nitrogens with two attached hydrogens (primary N) is 1. The Morgan fingerprint density at radius 2 is 2.00 bits per heavy atom. The lowest BCUT2D eigenvalue weighted by atomic mass is 10.0. The zero-order chi connectivity index (χ0) is 23.5. The first-order valence-electron chi connectivity index (χ1n) is 10.7. The lowest BCUT2D eigenvalue weighted by Gasteiger charge is -2.27. The minimum Gasteiger partial charge on any atom is -0.496 e. The first-order chi connectivity index (χ1) is 15.9. The number of nitrogens with one attached hydrogen (secondary N) is 1. The molecule has 0 spiro atoms. The van der Waals surface area contributed by atoms with Crippen LogP contribution >= 0.6 is 0 Å². The summed E-state index contributed by atoms with van der Waals surface area (Å²) >= 11 is 0. The number of carbonyl (C=O) groups excluding carboxylic acids is 1. The highest BCUT2D eigenvalue weighted by atomic mass is 16.5. The van der Waals surface area contributed by atoms with Gasteiger partial charge >= 0.3 is 0 Å². The number of carbonyl (C=O) groups is 1. The van der Waals surface area contributed by atoms with Crippen molar-refractivity contribution < 1.29 is 14.3 Å². The van der Waals surface area contributed by atoms with Crippen LogP contribution in [0.1, 0.15) is 40.3 Å². The maximum atomic E-state index is 13.1. The Bertz CT molecular complexity index is 1250. The van der Waals surface area contributed by atoms with Gasteiger partial charge in [0, 0.05) is 24.2 Å². The van der Waals surface area contributed by atoms with Crippen molar-refractivity contribution in [1.82, 2.24) is 14.9 Å². The quantitative estimate of drug-likeness (QED) is 0.573. The molecule has 0 saturated carbocycles. The van der Waals surface area contributed by atoms with Crippen molar-refractivity contribution >= 4 is 28.3 Å². The van der Waals surface area contributed by atoms with Gasteiger partial charge in [-0.25, -0.2) is 9.97 Å². The van der Waals surface area contributed by atoms with Gasteiger partial charge in [-0.15, -0.1) is 0 Å². The molecule has 0 radical (unpaired) electrons. The predicted octanol–water partition coefficient (Wildman–Crippen LogP) is 3.05. The van der Waals surface area contributed by atoms with E-state index in [1.165, 1.54) is 7.11 Å². The normalized spacial score (nSPS) is 14.5. The molecule has 33 heavy (non-hydrogen) atoms. The second-order valence-corrected chi connectivity index (χ2v) is 7.96. The largest absolute Gasteiger partial charge is 0.496 e. The number of methoxy groups -OCH3 is 1. The molecule has 3 N–H and O–H groups in total. The molecule has 0 bridgehead atoms. The third-order valence-electron chi connectivity index (χ3n) is 5.62. The van der Waals surface area contributed by atoms with Crippen molar-refractivity contribution in [2.75, 3.05) is 44.5 Å². The smallest absolute Gasteiger partial charge is 0.257 e. The van der Waals surface area contributed by atoms with E-state index in [-0.39, 0.29) is 11.9 Å². The SMILES string of the molecule is COc1cc2c(NC(C)c3cc(N)cc(C#N)c3)nc(C)nc2cc1C(=O)N1CCOCC1. The first-order valence-corrected chi connectivity index (χ1v) is 10.7. The number of benzene rings is 2. The number of nitrogens with zero attached hydrogens (tertiary/aromatic N) is 4. The van der Waals surface area contributed by atoms with Gasteiger partial charge in [0.05, 0.1) is 49.1 Å². The van der Waals surface area contributed by atoms with Crippen LogP contribution in [-0.4, -0.2) is 54.2 Å². The summed E-state index contributed by atoms with van der Waals surface area (Å²) in [6.45, 7) is 5.89. The topological polar surface area (TPSA) is 126 Å². The monoisotopic (exact) mass is 446 g/mol. The minimum absolute atomic E-state index is 0.111.